The minimum Gasteiger partial charge on any atom is -0.459 e. The minimum atomic E-state index is -4.20. The summed E-state index contributed by atoms with van der Waals surface area (Å²) in [7, 11) is 0. The molecule has 12 heteroatoms. The number of fused-ring (bicyclic) bond motifs is 1. The third-order valence-electron chi connectivity index (χ3n) is 4.21. The van der Waals surface area contributed by atoms with Crippen molar-refractivity contribution in [3.63, 3.8) is 0 Å². The van der Waals surface area contributed by atoms with Crippen LogP contribution in [0.2, 0.25) is 10.0 Å². The van der Waals surface area contributed by atoms with Crippen LogP contribution in [0.5, 0.6) is 11.5 Å². The topological polar surface area (TPSA) is 69.7 Å². The zero-order valence-corrected chi connectivity index (χ0v) is 17.1. The van der Waals surface area contributed by atoms with Gasteiger partial charge in [-0.1, -0.05) is 23.2 Å². The highest BCUT2D eigenvalue weighted by atomic mass is 35.5. The van der Waals surface area contributed by atoms with Gasteiger partial charge >= 0.3 is 6.29 Å². The lowest BCUT2D eigenvalue weighted by Crippen LogP contribution is -2.37. The van der Waals surface area contributed by atoms with E-state index in [0.717, 1.165) is 18.2 Å². The van der Waals surface area contributed by atoms with Crippen LogP contribution in [-0.4, -0.2) is 17.2 Å². The molecule has 4 rings (SSSR count). The highest BCUT2D eigenvalue weighted by Gasteiger charge is 2.45. The summed E-state index contributed by atoms with van der Waals surface area (Å²) in [5.74, 6) is -4.25. The molecule has 0 aliphatic carbocycles. The van der Waals surface area contributed by atoms with Crippen molar-refractivity contribution in [2.75, 3.05) is 5.32 Å². The first-order chi connectivity index (χ1) is 15.1. The fourth-order valence-electron chi connectivity index (χ4n) is 2.84. The third kappa shape index (κ3) is 4.43. The van der Waals surface area contributed by atoms with Gasteiger partial charge in [-0.3, -0.25) is 9.78 Å². The monoisotopic (exact) mass is 488 g/mol. The second-order valence-corrected chi connectivity index (χ2v) is 7.16. The summed E-state index contributed by atoms with van der Waals surface area (Å²) in [6.45, 7) is 0. The number of alkyl halides is 2. The number of carbonyl (C=O) groups excluding carboxylic acids is 1. The summed E-state index contributed by atoms with van der Waals surface area (Å²) in [6, 6.07) is 6.70. The number of carbonyl (C=O) groups is 1. The van der Waals surface area contributed by atoms with E-state index in [-0.39, 0.29) is 16.3 Å². The second-order valence-electron chi connectivity index (χ2n) is 6.37. The molecule has 2 heterocycles. The van der Waals surface area contributed by atoms with Crippen molar-refractivity contribution in [3.8, 4) is 11.5 Å². The molecule has 1 aliphatic rings. The van der Waals surface area contributed by atoms with Gasteiger partial charge in [0.2, 0.25) is 6.29 Å². The number of benzene rings is 2. The zero-order chi connectivity index (χ0) is 23.0. The summed E-state index contributed by atoms with van der Waals surface area (Å²) in [5.41, 5.74) is -0.656. The van der Waals surface area contributed by atoms with Gasteiger partial charge in [-0.05, 0) is 24.3 Å². The smallest absolute Gasteiger partial charge is 0.459 e. The molecule has 166 valence electrons. The first-order valence-corrected chi connectivity index (χ1v) is 9.50. The van der Waals surface area contributed by atoms with E-state index in [1.807, 2.05) is 0 Å². The predicted molar refractivity (Wildman–Crippen MR) is 105 cm³/mol. The van der Waals surface area contributed by atoms with E-state index in [1.165, 1.54) is 24.5 Å². The summed E-state index contributed by atoms with van der Waals surface area (Å²) in [6.07, 6.45) is -3.36. The van der Waals surface area contributed by atoms with E-state index in [9.17, 15) is 22.4 Å². The van der Waals surface area contributed by atoms with Gasteiger partial charge in [-0.2, -0.15) is 0 Å². The normalized spacial score (nSPS) is 16.6. The van der Waals surface area contributed by atoms with Gasteiger partial charge in [0.1, 0.15) is 22.9 Å². The molecule has 1 aromatic heterocycles. The fourth-order valence-corrected chi connectivity index (χ4v) is 3.17. The van der Waals surface area contributed by atoms with Crippen LogP contribution in [0.3, 0.4) is 0 Å². The lowest BCUT2D eigenvalue weighted by Gasteiger charge is -2.31. The van der Waals surface area contributed by atoms with Crippen LogP contribution in [-0.2, 0) is 4.74 Å². The predicted octanol–water partition coefficient (Wildman–Crippen LogP) is 5.96. The minimum absolute atomic E-state index is 0.137. The first-order valence-electron chi connectivity index (χ1n) is 8.74. The van der Waals surface area contributed by atoms with Crippen LogP contribution < -0.4 is 14.8 Å². The van der Waals surface area contributed by atoms with Gasteiger partial charge in [-0.25, -0.2) is 13.5 Å². The van der Waals surface area contributed by atoms with Crippen molar-refractivity contribution in [2.24, 2.45) is 0 Å². The van der Waals surface area contributed by atoms with Crippen molar-refractivity contribution >= 4 is 34.8 Å². The lowest BCUT2D eigenvalue weighted by atomic mass is 10.1. The van der Waals surface area contributed by atoms with E-state index in [2.05, 4.69) is 19.8 Å². The average Bonchev–Trinajstić information content (AvgIpc) is 2.71. The summed E-state index contributed by atoms with van der Waals surface area (Å²) in [5, 5.41) is 1.44. The van der Waals surface area contributed by atoms with Crippen LogP contribution in [0.25, 0.3) is 0 Å². The summed E-state index contributed by atoms with van der Waals surface area (Å²) in [4.78, 5) is 16.6. The molecule has 1 N–H and O–H groups in total. The van der Waals surface area contributed by atoms with E-state index in [1.54, 1.807) is 0 Å². The Hall–Kier alpha value is -3.08. The molecule has 1 aliphatic heterocycles. The SMILES string of the molecule is O=C(Nc1cccnc1)c1c(OC2OC(F)(F)Oc3cc(F)ccc32)cc(Cl)c(Cl)c1F. The maximum atomic E-state index is 14.9. The standard InChI is InChI=1S/C20H10Cl2F4N2O4/c21-12-7-14(15(17(24)16(12)22)18(29)28-10-2-1-5-27-8-10)30-19-11-4-3-9(23)6-13(11)31-20(25,26)32-19/h1-8,19H,(H,28,29). The van der Waals surface area contributed by atoms with Crippen molar-refractivity contribution in [2.45, 2.75) is 12.6 Å². The van der Waals surface area contributed by atoms with Crippen LogP contribution in [0.4, 0.5) is 23.2 Å². The van der Waals surface area contributed by atoms with E-state index >= 15 is 0 Å². The van der Waals surface area contributed by atoms with Gasteiger partial charge in [0.15, 0.2) is 5.82 Å². The number of aromatic nitrogens is 1. The number of nitrogens with one attached hydrogen (secondary N) is 1. The number of hydrogen-bond acceptors (Lipinski definition) is 5. The van der Waals surface area contributed by atoms with Gasteiger partial charge in [-0.15, -0.1) is 8.78 Å². The Bertz CT molecular complexity index is 1200. The first kappa shape index (κ1) is 22.1. The number of pyridine rings is 1. The van der Waals surface area contributed by atoms with Gasteiger partial charge in [0.25, 0.3) is 5.91 Å². The Morgan fingerprint density at radius 2 is 1.97 bits per heavy atom. The number of ether oxygens (including phenoxy) is 3. The zero-order valence-electron chi connectivity index (χ0n) is 15.5. The fraction of sp³-hybridized carbons (Fsp3) is 0.100. The Morgan fingerprint density at radius 1 is 1.19 bits per heavy atom. The molecule has 0 fully saturated rings. The quantitative estimate of drug-likeness (QED) is 0.362. The Balaban J connectivity index is 1.75. The van der Waals surface area contributed by atoms with Crippen LogP contribution >= 0.6 is 23.2 Å². The van der Waals surface area contributed by atoms with E-state index in [4.69, 9.17) is 27.9 Å². The van der Waals surface area contributed by atoms with Gasteiger partial charge < -0.3 is 14.8 Å². The number of halogens is 6. The Labute approximate surface area is 187 Å². The lowest BCUT2D eigenvalue weighted by molar-refractivity contribution is -0.405. The number of amides is 1. The highest BCUT2D eigenvalue weighted by molar-refractivity contribution is 6.42. The van der Waals surface area contributed by atoms with Crippen molar-refractivity contribution < 1.29 is 36.6 Å². The third-order valence-corrected chi connectivity index (χ3v) is 4.97. The second kappa shape index (κ2) is 8.45. The maximum Gasteiger partial charge on any atom is 0.538 e. The average molecular weight is 489 g/mol. The molecule has 1 amide bonds. The van der Waals surface area contributed by atoms with Crippen LogP contribution in [0, 0.1) is 11.6 Å². The molecular weight excluding hydrogens is 479 g/mol. The molecule has 0 saturated heterocycles. The molecule has 32 heavy (non-hydrogen) atoms. The molecule has 3 aromatic rings. The van der Waals surface area contributed by atoms with E-state index < -0.39 is 52.2 Å². The largest absolute Gasteiger partial charge is 0.538 e. The van der Waals surface area contributed by atoms with Gasteiger partial charge in [0.05, 0.1) is 27.5 Å². The molecule has 0 bridgehead atoms. The van der Waals surface area contributed by atoms with E-state index in [0.29, 0.717) is 6.07 Å². The number of anilines is 1. The molecule has 2 aromatic carbocycles. The molecule has 1 unspecified atom stereocenters. The van der Waals surface area contributed by atoms with Crippen molar-refractivity contribution in [1.82, 2.24) is 4.98 Å². The number of hydrogen-bond donors (Lipinski definition) is 1. The van der Waals surface area contributed by atoms with Crippen molar-refractivity contribution in [3.05, 3.63) is 81.6 Å². The molecule has 6 nitrogen and oxygen atoms in total. The molecule has 1 atom stereocenters. The molecule has 0 radical (unpaired) electrons. The number of nitrogens with zero attached hydrogens (tertiary/aromatic N) is 1. The number of rotatable bonds is 4. The van der Waals surface area contributed by atoms with Crippen LogP contribution in [0.1, 0.15) is 22.2 Å². The highest BCUT2D eigenvalue weighted by Crippen LogP contribution is 2.43. The van der Waals surface area contributed by atoms with Crippen LogP contribution in [0.15, 0.2) is 48.8 Å². The molecular formula is C20H10Cl2F4N2O4. The molecule has 0 spiro atoms. The summed E-state index contributed by atoms with van der Waals surface area (Å²) < 4.78 is 70.3. The summed E-state index contributed by atoms with van der Waals surface area (Å²) >= 11 is 11.7. The van der Waals surface area contributed by atoms with Crippen molar-refractivity contribution in [1.29, 1.82) is 0 Å². The molecule has 0 saturated carbocycles. The Morgan fingerprint density at radius 3 is 2.69 bits per heavy atom. The maximum absolute atomic E-state index is 14.9. The Kier molecular flexibility index (Phi) is 5.85. The van der Waals surface area contributed by atoms with Gasteiger partial charge in [0, 0.05) is 18.3 Å².